The van der Waals surface area contributed by atoms with Crippen molar-refractivity contribution in [2.24, 2.45) is 0 Å². The molecule has 3 aromatic carbocycles. The van der Waals surface area contributed by atoms with Gasteiger partial charge in [-0.25, -0.2) is 0 Å². The number of rotatable bonds is 4. The molecule has 0 fully saturated rings. The molecule has 0 saturated heterocycles. The standard InChI is InChI=1S/C18H13BClO2/c20-16-10-11-17(18(12-16)22-19-21)15-8-6-14(7-9-15)13-4-2-1-3-5-13/h1-12,21H. The zero-order chi connectivity index (χ0) is 15.4. The molecule has 0 atom stereocenters. The van der Waals surface area contributed by atoms with Gasteiger partial charge < -0.3 is 9.68 Å². The molecule has 0 heterocycles. The summed E-state index contributed by atoms with van der Waals surface area (Å²) < 4.78 is 5.13. The number of halogens is 1. The van der Waals surface area contributed by atoms with Crippen LogP contribution in [0.1, 0.15) is 0 Å². The van der Waals surface area contributed by atoms with E-state index < -0.39 is 0 Å². The average Bonchev–Trinajstić information content (AvgIpc) is 2.56. The molecule has 3 aromatic rings. The second kappa shape index (κ2) is 6.69. The van der Waals surface area contributed by atoms with Crippen LogP contribution < -0.4 is 4.65 Å². The Kier molecular flexibility index (Phi) is 4.47. The van der Waals surface area contributed by atoms with Crippen molar-refractivity contribution in [1.29, 1.82) is 0 Å². The van der Waals surface area contributed by atoms with Gasteiger partial charge in [-0.15, -0.1) is 0 Å². The van der Waals surface area contributed by atoms with Crippen molar-refractivity contribution in [3.8, 4) is 28.0 Å². The first kappa shape index (κ1) is 14.7. The van der Waals surface area contributed by atoms with Gasteiger partial charge in [-0.2, -0.15) is 0 Å². The molecule has 1 N–H and O–H groups in total. The summed E-state index contributed by atoms with van der Waals surface area (Å²) in [5, 5.41) is 9.44. The summed E-state index contributed by atoms with van der Waals surface area (Å²) in [5.74, 6) is 0.516. The molecule has 0 saturated carbocycles. The van der Waals surface area contributed by atoms with Crippen molar-refractivity contribution in [2.45, 2.75) is 0 Å². The van der Waals surface area contributed by atoms with Gasteiger partial charge in [0, 0.05) is 10.6 Å². The Bertz CT molecular complexity index is 758. The molecule has 3 rings (SSSR count). The van der Waals surface area contributed by atoms with E-state index in [-0.39, 0.29) is 0 Å². The van der Waals surface area contributed by atoms with Gasteiger partial charge in [0.05, 0.1) is 0 Å². The van der Waals surface area contributed by atoms with Crippen LogP contribution in [0.3, 0.4) is 0 Å². The summed E-state index contributed by atoms with van der Waals surface area (Å²) in [6, 6.07) is 23.7. The van der Waals surface area contributed by atoms with Crippen molar-refractivity contribution >= 4 is 19.3 Å². The second-order valence-electron chi connectivity index (χ2n) is 4.81. The average molecular weight is 308 g/mol. The zero-order valence-electron chi connectivity index (χ0n) is 11.7. The van der Waals surface area contributed by atoms with E-state index in [1.54, 1.807) is 12.1 Å². The predicted octanol–water partition coefficient (Wildman–Crippen LogP) is 4.58. The Morgan fingerprint density at radius 2 is 1.41 bits per heavy atom. The maximum Gasteiger partial charge on any atom is 0.569 e. The maximum atomic E-state index is 8.88. The van der Waals surface area contributed by atoms with Crippen LogP contribution in [0.15, 0.2) is 72.8 Å². The van der Waals surface area contributed by atoms with Crippen LogP contribution in [0.2, 0.25) is 5.02 Å². The highest BCUT2D eigenvalue weighted by Crippen LogP contribution is 2.33. The number of hydrogen-bond acceptors (Lipinski definition) is 2. The van der Waals surface area contributed by atoms with Crippen molar-refractivity contribution in [1.82, 2.24) is 0 Å². The van der Waals surface area contributed by atoms with E-state index in [1.165, 1.54) is 5.56 Å². The van der Waals surface area contributed by atoms with Gasteiger partial charge in [-0.05, 0) is 34.9 Å². The molecule has 0 bridgehead atoms. The van der Waals surface area contributed by atoms with Crippen molar-refractivity contribution in [3.63, 3.8) is 0 Å². The Morgan fingerprint density at radius 3 is 2.09 bits per heavy atom. The molecule has 0 aliphatic heterocycles. The lowest BCUT2D eigenvalue weighted by Gasteiger charge is -2.11. The van der Waals surface area contributed by atoms with E-state index in [0.717, 1.165) is 16.7 Å². The fourth-order valence-electron chi connectivity index (χ4n) is 2.36. The Labute approximate surface area is 135 Å². The molecule has 2 nitrogen and oxygen atoms in total. The summed E-state index contributed by atoms with van der Waals surface area (Å²) >= 11 is 5.97. The minimum atomic E-state index is 0.516. The van der Waals surface area contributed by atoms with Crippen LogP contribution in [0.5, 0.6) is 5.75 Å². The summed E-state index contributed by atoms with van der Waals surface area (Å²) in [5.41, 5.74) is 4.18. The lowest BCUT2D eigenvalue weighted by Crippen LogP contribution is -2.01. The molecule has 0 aromatic heterocycles. The lowest BCUT2D eigenvalue weighted by atomic mass is 9.99. The van der Waals surface area contributed by atoms with Gasteiger partial charge in [-0.1, -0.05) is 66.2 Å². The molecule has 107 valence electrons. The maximum absolute atomic E-state index is 8.88. The van der Waals surface area contributed by atoms with E-state index in [2.05, 4.69) is 24.3 Å². The van der Waals surface area contributed by atoms with E-state index >= 15 is 0 Å². The summed E-state index contributed by atoms with van der Waals surface area (Å²) in [6.07, 6.45) is 0. The summed E-state index contributed by atoms with van der Waals surface area (Å²) in [4.78, 5) is 0. The quantitative estimate of drug-likeness (QED) is 0.715. The molecule has 1 radical (unpaired) electrons. The first-order valence-electron chi connectivity index (χ1n) is 6.86. The normalized spacial score (nSPS) is 10.3. The highest BCUT2D eigenvalue weighted by Gasteiger charge is 2.08. The highest BCUT2D eigenvalue weighted by molar-refractivity contribution is 6.31. The van der Waals surface area contributed by atoms with Gasteiger partial charge in [0.15, 0.2) is 0 Å². The van der Waals surface area contributed by atoms with Crippen molar-refractivity contribution in [3.05, 3.63) is 77.8 Å². The van der Waals surface area contributed by atoms with Gasteiger partial charge in [0.2, 0.25) is 0 Å². The minimum Gasteiger partial charge on any atom is -0.537 e. The minimum absolute atomic E-state index is 0.516. The molecule has 0 aliphatic rings. The first-order valence-corrected chi connectivity index (χ1v) is 7.24. The van der Waals surface area contributed by atoms with Crippen LogP contribution >= 0.6 is 11.6 Å². The van der Waals surface area contributed by atoms with Crippen molar-refractivity contribution < 1.29 is 9.68 Å². The number of benzene rings is 3. The van der Waals surface area contributed by atoms with E-state index in [0.29, 0.717) is 18.5 Å². The van der Waals surface area contributed by atoms with Gasteiger partial charge in [0.1, 0.15) is 5.75 Å². The monoisotopic (exact) mass is 307 g/mol. The summed E-state index contributed by atoms with van der Waals surface area (Å²) in [7, 11) is 0.660. The molecule has 4 heteroatoms. The topological polar surface area (TPSA) is 29.5 Å². The Morgan fingerprint density at radius 1 is 0.773 bits per heavy atom. The number of hydrogen-bond donors (Lipinski definition) is 1. The van der Waals surface area contributed by atoms with Crippen LogP contribution in [0, 0.1) is 0 Å². The molecule has 0 amide bonds. The smallest absolute Gasteiger partial charge is 0.537 e. The lowest BCUT2D eigenvalue weighted by molar-refractivity contribution is 0.455. The Hall–Kier alpha value is -2.23. The van der Waals surface area contributed by atoms with Crippen LogP contribution in [-0.2, 0) is 0 Å². The third-order valence-corrected chi connectivity index (χ3v) is 3.66. The highest BCUT2D eigenvalue weighted by atomic mass is 35.5. The molecule has 0 unspecified atom stereocenters. The third-order valence-electron chi connectivity index (χ3n) is 3.43. The van der Waals surface area contributed by atoms with Crippen LogP contribution in [0.4, 0.5) is 0 Å². The van der Waals surface area contributed by atoms with Gasteiger partial charge in [-0.3, -0.25) is 0 Å². The van der Waals surface area contributed by atoms with Crippen LogP contribution in [-0.4, -0.2) is 12.7 Å². The van der Waals surface area contributed by atoms with Gasteiger partial charge >= 0.3 is 7.69 Å². The van der Waals surface area contributed by atoms with Gasteiger partial charge in [0.25, 0.3) is 0 Å². The largest absolute Gasteiger partial charge is 0.569 e. The Balaban J connectivity index is 1.96. The van der Waals surface area contributed by atoms with E-state index in [4.69, 9.17) is 21.3 Å². The third kappa shape index (κ3) is 3.16. The fraction of sp³-hybridized carbons (Fsp3) is 0. The van der Waals surface area contributed by atoms with Crippen molar-refractivity contribution in [2.75, 3.05) is 0 Å². The molecular formula is C18H13BClO2. The first-order chi connectivity index (χ1) is 10.8. The predicted molar refractivity (Wildman–Crippen MR) is 90.9 cm³/mol. The molecular weight excluding hydrogens is 294 g/mol. The SMILES string of the molecule is O[B]Oc1cc(Cl)ccc1-c1ccc(-c2ccccc2)cc1. The molecule has 22 heavy (non-hydrogen) atoms. The van der Waals surface area contributed by atoms with Crippen LogP contribution in [0.25, 0.3) is 22.3 Å². The fourth-order valence-corrected chi connectivity index (χ4v) is 2.52. The second-order valence-corrected chi connectivity index (χ2v) is 5.24. The van der Waals surface area contributed by atoms with E-state index in [9.17, 15) is 0 Å². The zero-order valence-corrected chi connectivity index (χ0v) is 12.5. The molecule has 0 spiro atoms. The molecule has 0 aliphatic carbocycles. The van der Waals surface area contributed by atoms with E-state index in [1.807, 2.05) is 36.4 Å². The summed E-state index contributed by atoms with van der Waals surface area (Å²) in [6.45, 7) is 0.